The van der Waals surface area contributed by atoms with Gasteiger partial charge in [-0.1, -0.05) is 11.6 Å². The smallest absolute Gasteiger partial charge is 0.150 e. The molecule has 0 unspecified atom stereocenters. The fourth-order valence-corrected chi connectivity index (χ4v) is 2.04. The lowest BCUT2D eigenvalue weighted by Gasteiger charge is -2.16. The van der Waals surface area contributed by atoms with E-state index in [4.69, 9.17) is 22.1 Å². The molecule has 3 nitrogen and oxygen atoms in total. The molecule has 0 aliphatic rings. The summed E-state index contributed by atoms with van der Waals surface area (Å²) in [4.78, 5) is 2.01. The van der Waals surface area contributed by atoms with E-state index < -0.39 is 0 Å². The first-order chi connectivity index (χ1) is 9.45. The molecule has 0 fully saturated rings. The summed E-state index contributed by atoms with van der Waals surface area (Å²) in [5, 5.41) is 0.640. The Morgan fingerprint density at radius 2 is 1.85 bits per heavy atom. The number of anilines is 1. The van der Waals surface area contributed by atoms with Crippen LogP contribution in [-0.2, 0) is 6.54 Å². The Morgan fingerprint density at radius 3 is 2.50 bits per heavy atom. The number of rotatable bonds is 4. The molecule has 2 N–H and O–H groups in total. The standard InChI is InChI=1S/C15H16ClFN2O/c1-19(2)9-10-7-11(16)3-5-14(10)20-15-6-4-12(17)8-13(15)18/h3-8H,9,18H2,1-2H3. The average molecular weight is 295 g/mol. The van der Waals surface area contributed by atoms with E-state index in [1.165, 1.54) is 18.2 Å². The highest BCUT2D eigenvalue weighted by Gasteiger charge is 2.09. The Bertz CT molecular complexity index is 617. The molecule has 20 heavy (non-hydrogen) atoms. The lowest BCUT2D eigenvalue weighted by atomic mass is 10.2. The molecule has 0 bridgehead atoms. The Labute approximate surface area is 122 Å². The summed E-state index contributed by atoms with van der Waals surface area (Å²) in [6, 6.07) is 9.43. The number of nitrogen functional groups attached to an aromatic ring is 1. The van der Waals surface area contributed by atoms with Crippen LogP contribution in [0.15, 0.2) is 36.4 Å². The molecule has 0 aliphatic carbocycles. The number of ether oxygens (including phenoxy) is 1. The molecule has 0 aromatic heterocycles. The van der Waals surface area contributed by atoms with Crippen LogP contribution < -0.4 is 10.5 Å². The molecule has 106 valence electrons. The minimum atomic E-state index is -0.389. The highest BCUT2D eigenvalue weighted by atomic mass is 35.5. The predicted molar refractivity (Wildman–Crippen MR) is 79.7 cm³/mol. The van der Waals surface area contributed by atoms with Gasteiger partial charge in [0, 0.05) is 23.2 Å². The fraction of sp³-hybridized carbons (Fsp3) is 0.200. The van der Waals surface area contributed by atoms with Crippen molar-refractivity contribution < 1.29 is 9.13 Å². The van der Waals surface area contributed by atoms with Crippen LogP contribution in [0, 0.1) is 5.82 Å². The molecule has 0 radical (unpaired) electrons. The van der Waals surface area contributed by atoms with Crippen molar-refractivity contribution in [3.05, 3.63) is 52.8 Å². The molecule has 0 amide bonds. The van der Waals surface area contributed by atoms with Crippen molar-refractivity contribution in [1.82, 2.24) is 4.90 Å². The van der Waals surface area contributed by atoms with E-state index in [9.17, 15) is 4.39 Å². The van der Waals surface area contributed by atoms with Gasteiger partial charge >= 0.3 is 0 Å². The van der Waals surface area contributed by atoms with Crippen LogP contribution >= 0.6 is 11.6 Å². The first-order valence-corrected chi connectivity index (χ1v) is 6.49. The quantitative estimate of drug-likeness (QED) is 0.869. The van der Waals surface area contributed by atoms with Gasteiger partial charge in [-0.15, -0.1) is 0 Å². The van der Waals surface area contributed by atoms with Crippen LogP contribution in [0.5, 0.6) is 11.5 Å². The Balaban J connectivity index is 2.32. The number of nitrogens with zero attached hydrogens (tertiary/aromatic N) is 1. The molecular weight excluding hydrogens is 279 g/mol. The van der Waals surface area contributed by atoms with Gasteiger partial charge in [-0.3, -0.25) is 0 Å². The van der Waals surface area contributed by atoms with Gasteiger partial charge in [-0.2, -0.15) is 0 Å². The number of benzene rings is 2. The second kappa shape index (κ2) is 6.11. The molecule has 2 rings (SSSR count). The maximum absolute atomic E-state index is 13.0. The number of nitrogens with two attached hydrogens (primary N) is 1. The van der Waals surface area contributed by atoms with Crippen LogP contribution in [0.2, 0.25) is 5.02 Å². The van der Waals surface area contributed by atoms with Crippen LogP contribution in [0.1, 0.15) is 5.56 Å². The maximum atomic E-state index is 13.0. The second-order valence-electron chi connectivity index (χ2n) is 4.77. The summed E-state index contributed by atoms with van der Waals surface area (Å²) >= 11 is 6.01. The lowest BCUT2D eigenvalue weighted by molar-refractivity contribution is 0.389. The van der Waals surface area contributed by atoms with Crippen LogP contribution in [-0.4, -0.2) is 19.0 Å². The molecule has 0 saturated heterocycles. The van der Waals surface area contributed by atoms with Crippen molar-refractivity contribution in [1.29, 1.82) is 0 Å². The summed E-state index contributed by atoms with van der Waals surface area (Å²) in [5.41, 5.74) is 6.95. The van der Waals surface area contributed by atoms with E-state index in [2.05, 4.69) is 0 Å². The summed E-state index contributed by atoms with van der Waals surface area (Å²) in [5.74, 6) is 0.689. The van der Waals surface area contributed by atoms with Gasteiger partial charge in [0.2, 0.25) is 0 Å². The van der Waals surface area contributed by atoms with Gasteiger partial charge < -0.3 is 15.4 Å². The summed E-state index contributed by atoms with van der Waals surface area (Å²) in [6.07, 6.45) is 0. The van der Waals surface area contributed by atoms with Gasteiger partial charge in [-0.25, -0.2) is 4.39 Å². The first-order valence-electron chi connectivity index (χ1n) is 6.12. The van der Waals surface area contributed by atoms with Gasteiger partial charge in [-0.05, 0) is 44.4 Å². The van der Waals surface area contributed by atoms with Crippen LogP contribution in [0.4, 0.5) is 10.1 Å². The fourth-order valence-electron chi connectivity index (χ4n) is 1.84. The topological polar surface area (TPSA) is 38.5 Å². The average Bonchev–Trinajstić information content (AvgIpc) is 2.34. The van der Waals surface area contributed by atoms with Gasteiger partial charge in [0.25, 0.3) is 0 Å². The minimum absolute atomic E-state index is 0.260. The lowest BCUT2D eigenvalue weighted by Crippen LogP contribution is -2.11. The molecule has 0 atom stereocenters. The normalized spacial score (nSPS) is 10.8. The van der Waals surface area contributed by atoms with E-state index in [0.717, 1.165) is 5.56 Å². The van der Waals surface area contributed by atoms with Crippen molar-refractivity contribution in [3.8, 4) is 11.5 Å². The number of hydrogen-bond acceptors (Lipinski definition) is 3. The summed E-state index contributed by atoms with van der Waals surface area (Å²) in [7, 11) is 3.91. The van der Waals surface area contributed by atoms with Crippen molar-refractivity contribution in [2.24, 2.45) is 0 Å². The Kier molecular flexibility index (Phi) is 4.47. The molecule has 0 spiro atoms. The first kappa shape index (κ1) is 14.6. The van der Waals surface area contributed by atoms with Crippen LogP contribution in [0.3, 0.4) is 0 Å². The zero-order chi connectivity index (χ0) is 14.7. The molecule has 0 heterocycles. The predicted octanol–water partition coefficient (Wildman–Crippen LogP) is 3.92. The maximum Gasteiger partial charge on any atom is 0.150 e. The van der Waals surface area contributed by atoms with Crippen molar-refractivity contribution in [2.75, 3.05) is 19.8 Å². The van der Waals surface area contributed by atoms with Crippen LogP contribution in [0.25, 0.3) is 0 Å². The largest absolute Gasteiger partial charge is 0.455 e. The van der Waals surface area contributed by atoms with Crippen molar-refractivity contribution in [2.45, 2.75) is 6.54 Å². The van der Waals surface area contributed by atoms with Gasteiger partial charge in [0.1, 0.15) is 11.6 Å². The third kappa shape index (κ3) is 3.62. The monoisotopic (exact) mass is 294 g/mol. The molecule has 0 saturated carbocycles. The second-order valence-corrected chi connectivity index (χ2v) is 5.21. The minimum Gasteiger partial charge on any atom is -0.455 e. The van der Waals surface area contributed by atoms with Crippen molar-refractivity contribution >= 4 is 17.3 Å². The van der Waals surface area contributed by atoms with E-state index in [-0.39, 0.29) is 11.5 Å². The third-order valence-electron chi connectivity index (χ3n) is 2.70. The Morgan fingerprint density at radius 1 is 1.15 bits per heavy atom. The van der Waals surface area contributed by atoms with E-state index in [1.807, 2.05) is 25.1 Å². The molecular formula is C15H16ClFN2O. The number of halogens is 2. The van der Waals surface area contributed by atoms with Gasteiger partial charge in [0.05, 0.1) is 5.69 Å². The highest BCUT2D eigenvalue weighted by Crippen LogP contribution is 2.32. The van der Waals surface area contributed by atoms with Crippen molar-refractivity contribution in [3.63, 3.8) is 0 Å². The molecule has 0 aliphatic heterocycles. The Hall–Kier alpha value is -1.78. The zero-order valence-electron chi connectivity index (χ0n) is 11.4. The third-order valence-corrected chi connectivity index (χ3v) is 2.94. The molecule has 2 aromatic rings. The van der Waals surface area contributed by atoms with E-state index >= 15 is 0 Å². The summed E-state index contributed by atoms with van der Waals surface area (Å²) < 4.78 is 18.8. The molecule has 2 aromatic carbocycles. The summed E-state index contributed by atoms with van der Waals surface area (Å²) in [6.45, 7) is 0.678. The van der Waals surface area contributed by atoms with Gasteiger partial charge in [0.15, 0.2) is 5.75 Å². The van der Waals surface area contributed by atoms with E-state index in [0.29, 0.717) is 23.1 Å². The zero-order valence-corrected chi connectivity index (χ0v) is 12.1. The SMILES string of the molecule is CN(C)Cc1cc(Cl)ccc1Oc1ccc(F)cc1N. The number of hydrogen-bond donors (Lipinski definition) is 1. The van der Waals surface area contributed by atoms with E-state index in [1.54, 1.807) is 12.1 Å². The highest BCUT2D eigenvalue weighted by molar-refractivity contribution is 6.30. The molecule has 5 heteroatoms.